The number of benzene rings is 2. The molecule has 7 heteroatoms. The Morgan fingerprint density at radius 3 is 2.36 bits per heavy atom. The Balaban J connectivity index is 1.55. The first kappa shape index (κ1) is 19.4. The number of nitrogens with one attached hydrogen (secondary N) is 2. The summed E-state index contributed by atoms with van der Waals surface area (Å²) in [6.45, 7) is 2.35. The minimum atomic E-state index is -0.519. The number of hydrogen-bond donors (Lipinski definition) is 2. The second kappa shape index (κ2) is 8.56. The average molecular weight is 381 g/mol. The van der Waals surface area contributed by atoms with Crippen LogP contribution in [0.25, 0.3) is 0 Å². The number of ether oxygens (including phenoxy) is 1. The highest BCUT2D eigenvalue weighted by molar-refractivity contribution is 6.01. The molecule has 2 aromatic rings. The zero-order valence-electron chi connectivity index (χ0n) is 15.9. The lowest BCUT2D eigenvalue weighted by atomic mass is 10.1. The van der Waals surface area contributed by atoms with Gasteiger partial charge in [-0.25, -0.2) is 0 Å². The summed E-state index contributed by atoms with van der Waals surface area (Å²) < 4.78 is 5.05. The molecular weight excluding hydrogens is 358 g/mol. The lowest BCUT2D eigenvalue weighted by Gasteiger charge is -2.17. The van der Waals surface area contributed by atoms with Crippen molar-refractivity contribution in [3.8, 4) is 5.75 Å². The van der Waals surface area contributed by atoms with Gasteiger partial charge in [-0.15, -0.1) is 0 Å². The van der Waals surface area contributed by atoms with Crippen molar-refractivity contribution in [2.75, 3.05) is 18.6 Å². The molecule has 3 amide bonds. The van der Waals surface area contributed by atoms with Crippen LogP contribution < -0.4 is 20.5 Å². The summed E-state index contributed by atoms with van der Waals surface area (Å²) in [6, 6.07) is 14.3. The highest BCUT2D eigenvalue weighted by Gasteiger charge is 2.35. The van der Waals surface area contributed by atoms with E-state index in [1.165, 1.54) is 5.56 Å². The van der Waals surface area contributed by atoms with Gasteiger partial charge in [-0.1, -0.05) is 19.1 Å². The first-order valence-corrected chi connectivity index (χ1v) is 9.15. The van der Waals surface area contributed by atoms with Crippen molar-refractivity contribution in [3.05, 3.63) is 59.7 Å². The van der Waals surface area contributed by atoms with E-state index < -0.39 is 11.8 Å². The predicted octanol–water partition coefficient (Wildman–Crippen LogP) is 2.07. The molecule has 1 saturated heterocycles. The van der Waals surface area contributed by atoms with Crippen LogP contribution in [-0.4, -0.2) is 31.4 Å². The van der Waals surface area contributed by atoms with E-state index >= 15 is 0 Å². The molecule has 2 aromatic carbocycles. The Morgan fingerprint density at radius 1 is 1.07 bits per heavy atom. The number of methoxy groups -OCH3 is 1. The van der Waals surface area contributed by atoms with Crippen LogP contribution in [-0.2, 0) is 16.0 Å². The highest BCUT2D eigenvalue weighted by atomic mass is 16.5. The standard InChI is InChI=1S/C21H23N3O4/c1-3-14-4-8-17(9-5-14)24-13-16(12-19(24)25)21(27)23-22-20(26)15-6-10-18(28-2)11-7-15/h4-11,16H,3,12-13H2,1-2H3,(H,22,26)(H,23,27)/t16-/m1/s1. The first-order valence-electron chi connectivity index (χ1n) is 9.15. The molecule has 0 bridgehead atoms. The number of nitrogens with zero attached hydrogens (tertiary/aromatic N) is 1. The number of carbonyl (C=O) groups is 3. The van der Waals surface area contributed by atoms with Crippen molar-refractivity contribution in [1.29, 1.82) is 0 Å². The number of amides is 3. The van der Waals surface area contributed by atoms with E-state index in [1.54, 1.807) is 36.3 Å². The van der Waals surface area contributed by atoms with Crippen molar-refractivity contribution in [3.63, 3.8) is 0 Å². The van der Waals surface area contributed by atoms with Gasteiger partial charge in [0.1, 0.15) is 5.75 Å². The fourth-order valence-electron chi connectivity index (χ4n) is 3.08. The van der Waals surface area contributed by atoms with Crippen LogP contribution in [0.15, 0.2) is 48.5 Å². The summed E-state index contributed by atoms with van der Waals surface area (Å²) in [5, 5.41) is 0. The Morgan fingerprint density at radius 2 is 1.75 bits per heavy atom. The van der Waals surface area contributed by atoms with Crippen LogP contribution in [0.4, 0.5) is 5.69 Å². The van der Waals surface area contributed by atoms with Crippen molar-refractivity contribution in [1.82, 2.24) is 10.9 Å². The lowest BCUT2D eigenvalue weighted by molar-refractivity contribution is -0.126. The van der Waals surface area contributed by atoms with E-state index in [0.717, 1.165) is 12.1 Å². The maximum atomic E-state index is 12.4. The molecule has 1 atom stereocenters. The van der Waals surface area contributed by atoms with E-state index in [-0.39, 0.29) is 24.8 Å². The molecule has 28 heavy (non-hydrogen) atoms. The van der Waals surface area contributed by atoms with Crippen molar-refractivity contribution >= 4 is 23.4 Å². The Kier molecular flexibility index (Phi) is 5.93. The van der Waals surface area contributed by atoms with Crippen LogP contribution in [0.1, 0.15) is 29.3 Å². The summed E-state index contributed by atoms with van der Waals surface area (Å²) in [5.41, 5.74) is 7.16. The van der Waals surface area contributed by atoms with Crippen molar-refractivity contribution < 1.29 is 19.1 Å². The summed E-state index contributed by atoms with van der Waals surface area (Å²) in [4.78, 5) is 38.4. The second-order valence-corrected chi connectivity index (χ2v) is 6.60. The topological polar surface area (TPSA) is 87.7 Å². The van der Waals surface area contributed by atoms with E-state index in [9.17, 15) is 14.4 Å². The molecule has 0 saturated carbocycles. The van der Waals surface area contributed by atoms with Gasteiger partial charge >= 0.3 is 0 Å². The quantitative estimate of drug-likeness (QED) is 0.776. The molecule has 2 N–H and O–H groups in total. The van der Waals surface area contributed by atoms with E-state index in [1.807, 2.05) is 24.3 Å². The third kappa shape index (κ3) is 4.31. The Hall–Kier alpha value is -3.35. The van der Waals surface area contributed by atoms with Gasteiger partial charge in [-0.3, -0.25) is 25.2 Å². The largest absolute Gasteiger partial charge is 0.497 e. The molecule has 1 aliphatic heterocycles. The van der Waals surface area contributed by atoms with Gasteiger partial charge in [-0.2, -0.15) is 0 Å². The summed E-state index contributed by atoms with van der Waals surface area (Å²) in [7, 11) is 1.54. The number of anilines is 1. The zero-order chi connectivity index (χ0) is 20.1. The molecule has 0 spiro atoms. The highest BCUT2D eigenvalue weighted by Crippen LogP contribution is 2.25. The number of aryl methyl sites for hydroxylation is 1. The number of hydrazine groups is 1. The molecule has 7 nitrogen and oxygen atoms in total. The fourth-order valence-corrected chi connectivity index (χ4v) is 3.08. The molecule has 3 rings (SSSR count). The third-order valence-electron chi connectivity index (χ3n) is 4.80. The third-order valence-corrected chi connectivity index (χ3v) is 4.80. The van der Waals surface area contributed by atoms with Gasteiger partial charge in [-0.05, 0) is 48.4 Å². The molecule has 0 aliphatic carbocycles. The van der Waals surface area contributed by atoms with Crippen molar-refractivity contribution in [2.24, 2.45) is 5.92 Å². The molecule has 0 unspecified atom stereocenters. The van der Waals surface area contributed by atoms with Gasteiger partial charge in [0.15, 0.2) is 0 Å². The molecule has 1 aliphatic rings. The van der Waals surface area contributed by atoms with Crippen LogP contribution in [0, 0.1) is 5.92 Å². The Bertz CT molecular complexity index is 862. The van der Waals surface area contributed by atoms with Crippen molar-refractivity contribution in [2.45, 2.75) is 19.8 Å². The van der Waals surface area contributed by atoms with Crippen LogP contribution in [0.3, 0.4) is 0 Å². The van der Waals surface area contributed by atoms with Gasteiger partial charge in [0.2, 0.25) is 11.8 Å². The first-order chi connectivity index (χ1) is 13.5. The zero-order valence-corrected chi connectivity index (χ0v) is 15.9. The van der Waals surface area contributed by atoms with Crippen LogP contribution in [0.5, 0.6) is 5.75 Å². The fraction of sp³-hybridized carbons (Fsp3) is 0.286. The second-order valence-electron chi connectivity index (χ2n) is 6.60. The lowest BCUT2D eigenvalue weighted by Crippen LogP contribution is -2.45. The minimum absolute atomic E-state index is 0.106. The monoisotopic (exact) mass is 381 g/mol. The molecular formula is C21H23N3O4. The Labute approximate surface area is 163 Å². The smallest absolute Gasteiger partial charge is 0.269 e. The van der Waals surface area contributed by atoms with E-state index in [2.05, 4.69) is 17.8 Å². The molecule has 1 fully saturated rings. The number of hydrogen-bond acceptors (Lipinski definition) is 4. The summed E-state index contributed by atoms with van der Waals surface area (Å²) in [5.74, 6) is -0.812. The number of rotatable bonds is 5. The molecule has 0 aromatic heterocycles. The van der Waals surface area contributed by atoms with E-state index in [0.29, 0.717) is 11.3 Å². The predicted molar refractivity (Wildman–Crippen MR) is 105 cm³/mol. The number of carbonyl (C=O) groups excluding carboxylic acids is 3. The van der Waals surface area contributed by atoms with Gasteiger partial charge in [0, 0.05) is 24.2 Å². The molecule has 0 radical (unpaired) electrons. The SMILES string of the molecule is CCc1ccc(N2C[C@H](C(=O)NNC(=O)c3ccc(OC)cc3)CC2=O)cc1. The van der Waals surface area contributed by atoms with Crippen LogP contribution in [0.2, 0.25) is 0 Å². The summed E-state index contributed by atoms with van der Waals surface area (Å²) >= 11 is 0. The molecule has 146 valence electrons. The normalized spacial score (nSPS) is 16.0. The average Bonchev–Trinajstić information content (AvgIpc) is 3.13. The van der Waals surface area contributed by atoms with Gasteiger partial charge in [0.25, 0.3) is 5.91 Å². The molecule has 1 heterocycles. The van der Waals surface area contributed by atoms with Gasteiger partial charge < -0.3 is 9.64 Å². The maximum absolute atomic E-state index is 12.4. The maximum Gasteiger partial charge on any atom is 0.269 e. The van der Waals surface area contributed by atoms with Gasteiger partial charge in [0.05, 0.1) is 13.0 Å². The van der Waals surface area contributed by atoms with Crippen LogP contribution >= 0.6 is 0 Å². The summed E-state index contributed by atoms with van der Waals surface area (Å²) in [6.07, 6.45) is 1.03. The van der Waals surface area contributed by atoms with E-state index in [4.69, 9.17) is 4.74 Å². The minimum Gasteiger partial charge on any atom is -0.497 e.